The highest BCUT2D eigenvalue weighted by molar-refractivity contribution is 5.71. The lowest BCUT2D eigenvalue weighted by Gasteiger charge is -2.18. The van der Waals surface area contributed by atoms with Crippen LogP contribution in [0.1, 0.15) is 266 Å². The molecule has 0 aliphatic heterocycles. The van der Waals surface area contributed by atoms with Crippen molar-refractivity contribution in [3.05, 3.63) is 0 Å². The summed E-state index contributed by atoms with van der Waals surface area (Å²) in [5.41, 5.74) is 0. The standard InChI is InChI=1S/C49H94O6/c1-6-8-9-10-11-12-13-14-15-18-24-29-34-39-47(50)53-42-46(55-49(52)41-36-31-26-21-20-23-28-33-38-45(5)7-2)43-54-48(51)40-35-30-25-19-16-17-22-27-32-37-44(3)4/h44-46H,6-43H2,1-5H3/t45?,46-/m1/s1. The monoisotopic (exact) mass is 779 g/mol. The van der Waals surface area contributed by atoms with Crippen LogP contribution < -0.4 is 0 Å². The zero-order valence-corrected chi connectivity index (χ0v) is 37.6. The van der Waals surface area contributed by atoms with E-state index in [9.17, 15) is 14.4 Å². The van der Waals surface area contributed by atoms with E-state index in [1.807, 2.05) is 0 Å². The largest absolute Gasteiger partial charge is 0.462 e. The first-order chi connectivity index (χ1) is 26.8. The van der Waals surface area contributed by atoms with E-state index in [-0.39, 0.29) is 31.1 Å². The van der Waals surface area contributed by atoms with Crippen LogP contribution in [0.2, 0.25) is 0 Å². The lowest BCUT2D eigenvalue weighted by Crippen LogP contribution is -2.30. The van der Waals surface area contributed by atoms with Gasteiger partial charge in [0, 0.05) is 19.3 Å². The molecule has 0 saturated heterocycles. The molecule has 6 nitrogen and oxygen atoms in total. The molecule has 0 rings (SSSR count). The fourth-order valence-electron chi connectivity index (χ4n) is 7.25. The summed E-state index contributed by atoms with van der Waals surface area (Å²) < 4.78 is 16.8. The second-order valence-electron chi connectivity index (χ2n) is 17.5. The quantitative estimate of drug-likeness (QED) is 0.0348. The van der Waals surface area contributed by atoms with Gasteiger partial charge in [-0.25, -0.2) is 0 Å². The van der Waals surface area contributed by atoms with Gasteiger partial charge in [0.05, 0.1) is 0 Å². The smallest absolute Gasteiger partial charge is 0.306 e. The number of carbonyl (C=O) groups is 3. The van der Waals surface area contributed by atoms with Crippen molar-refractivity contribution in [3.8, 4) is 0 Å². The van der Waals surface area contributed by atoms with Crippen molar-refractivity contribution < 1.29 is 28.6 Å². The molecule has 0 aromatic carbocycles. The molecule has 0 spiro atoms. The van der Waals surface area contributed by atoms with Gasteiger partial charge in [0.25, 0.3) is 0 Å². The number of hydrogen-bond donors (Lipinski definition) is 0. The Balaban J connectivity index is 4.34. The number of ether oxygens (including phenoxy) is 3. The van der Waals surface area contributed by atoms with E-state index < -0.39 is 6.10 Å². The highest BCUT2D eigenvalue weighted by Gasteiger charge is 2.19. The maximum Gasteiger partial charge on any atom is 0.306 e. The Morgan fingerprint density at radius 2 is 0.691 bits per heavy atom. The Morgan fingerprint density at radius 3 is 1.04 bits per heavy atom. The highest BCUT2D eigenvalue weighted by atomic mass is 16.6. The van der Waals surface area contributed by atoms with Crippen LogP contribution in [0.3, 0.4) is 0 Å². The molecule has 0 saturated carbocycles. The van der Waals surface area contributed by atoms with E-state index in [0.717, 1.165) is 69.6 Å². The highest BCUT2D eigenvalue weighted by Crippen LogP contribution is 2.17. The molecule has 6 heteroatoms. The van der Waals surface area contributed by atoms with Crippen LogP contribution in [-0.2, 0) is 28.6 Å². The van der Waals surface area contributed by atoms with Gasteiger partial charge in [0.15, 0.2) is 6.10 Å². The molecule has 0 aromatic rings. The van der Waals surface area contributed by atoms with Crippen LogP contribution in [0.25, 0.3) is 0 Å². The van der Waals surface area contributed by atoms with Crippen LogP contribution in [0.4, 0.5) is 0 Å². The van der Waals surface area contributed by atoms with Gasteiger partial charge in [0.2, 0.25) is 0 Å². The molecule has 1 unspecified atom stereocenters. The summed E-state index contributed by atoms with van der Waals surface area (Å²) in [4.78, 5) is 37.8. The molecule has 0 radical (unpaired) electrons. The van der Waals surface area contributed by atoms with Crippen LogP contribution in [0.15, 0.2) is 0 Å². The van der Waals surface area contributed by atoms with Gasteiger partial charge < -0.3 is 14.2 Å². The summed E-state index contributed by atoms with van der Waals surface area (Å²) in [5, 5.41) is 0. The van der Waals surface area contributed by atoms with E-state index in [2.05, 4.69) is 34.6 Å². The SMILES string of the molecule is CCCCCCCCCCCCCCCC(=O)OC[C@H](COC(=O)CCCCCCCCCCCC(C)C)OC(=O)CCCCCCCCCCC(C)CC. The Labute approximate surface area is 342 Å². The Morgan fingerprint density at radius 1 is 0.382 bits per heavy atom. The minimum Gasteiger partial charge on any atom is -0.462 e. The van der Waals surface area contributed by atoms with E-state index in [1.54, 1.807) is 0 Å². The van der Waals surface area contributed by atoms with E-state index in [0.29, 0.717) is 19.3 Å². The van der Waals surface area contributed by atoms with Crippen LogP contribution >= 0.6 is 0 Å². The molecule has 326 valence electrons. The average Bonchev–Trinajstić information content (AvgIpc) is 3.17. The fraction of sp³-hybridized carbons (Fsp3) is 0.939. The van der Waals surface area contributed by atoms with Crippen molar-refractivity contribution in [3.63, 3.8) is 0 Å². The molecule has 55 heavy (non-hydrogen) atoms. The summed E-state index contributed by atoms with van der Waals surface area (Å²) in [5.74, 6) is 0.798. The maximum absolute atomic E-state index is 12.7. The van der Waals surface area contributed by atoms with Gasteiger partial charge >= 0.3 is 17.9 Å². The molecule has 0 amide bonds. The Bertz CT molecular complexity index is 841. The first-order valence-corrected chi connectivity index (χ1v) is 24.3. The van der Waals surface area contributed by atoms with Crippen LogP contribution in [0, 0.1) is 11.8 Å². The van der Waals surface area contributed by atoms with Crippen molar-refractivity contribution in [2.75, 3.05) is 13.2 Å². The van der Waals surface area contributed by atoms with Crippen molar-refractivity contribution in [2.24, 2.45) is 11.8 Å². The number of rotatable bonds is 43. The minimum absolute atomic E-state index is 0.0647. The second-order valence-corrected chi connectivity index (χ2v) is 17.5. The normalized spacial score (nSPS) is 12.5. The topological polar surface area (TPSA) is 78.9 Å². The van der Waals surface area contributed by atoms with Crippen molar-refractivity contribution in [1.29, 1.82) is 0 Å². The molecule has 2 atom stereocenters. The van der Waals surface area contributed by atoms with Crippen molar-refractivity contribution in [1.82, 2.24) is 0 Å². The van der Waals surface area contributed by atoms with Gasteiger partial charge in [0.1, 0.15) is 13.2 Å². The summed E-state index contributed by atoms with van der Waals surface area (Å²) in [7, 11) is 0. The fourth-order valence-corrected chi connectivity index (χ4v) is 7.25. The minimum atomic E-state index is -0.761. The predicted octanol–water partition coefficient (Wildman–Crippen LogP) is 15.4. The zero-order chi connectivity index (χ0) is 40.5. The molecule has 0 heterocycles. The maximum atomic E-state index is 12.7. The molecule has 0 aromatic heterocycles. The van der Waals surface area contributed by atoms with Crippen molar-refractivity contribution >= 4 is 17.9 Å². The number of hydrogen-bond acceptors (Lipinski definition) is 6. The summed E-state index contributed by atoms with van der Waals surface area (Å²) >= 11 is 0. The van der Waals surface area contributed by atoms with Gasteiger partial charge in [-0.1, -0.05) is 227 Å². The average molecular weight is 779 g/mol. The van der Waals surface area contributed by atoms with Crippen LogP contribution in [-0.4, -0.2) is 37.2 Å². The third kappa shape index (κ3) is 41.9. The Hall–Kier alpha value is -1.59. The van der Waals surface area contributed by atoms with E-state index in [1.165, 1.54) is 154 Å². The molecule has 0 bridgehead atoms. The van der Waals surface area contributed by atoms with Gasteiger partial charge in [-0.05, 0) is 31.1 Å². The zero-order valence-electron chi connectivity index (χ0n) is 37.6. The van der Waals surface area contributed by atoms with Gasteiger partial charge in [-0.3, -0.25) is 14.4 Å². The molecule has 0 aliphatic carbocycles. The molecular formula is C49H94O6. The van der Waals surface area contributed by atoms with Gasteiger partial charge in [-0.15, -0.1) is 0 Å². The summed E-state index contributed by atoms with van der Waals surface area (Å²) in [6, 6.07) is 0. The number of esters is 3. The Kier molecular flexibility index (Phi) is 40.8. The molecule has 0 fully saturated rings. The van der Waals surface area contributed by atoms with E-state index in [4.69, 9.17) is 14.2 Å². The predicted molar refractivity (Wildman–Crippen MR) is 233 cm³/mol. The van der Waals surface area contributed by atoms with Crippen LogP contribution in [0.5, 0.6) is 0 Å². The molecular weight excluding hydrogens is 685 g/mol. The first kappa shape index (κ1) is 53.4. The van der Waals surface area contributed by atoms with E-state index >= 15 is 0 Å². The number of carbonyl (C=O) groups excluding carboxylic acids is 3. The lowest BCUT2D eigenvalue weighted by molar-refractivity contribution is -0.167. The summed E-state index contributed by atoms with van der Waals surface area (Å²) in [6.07, 6.45) is 40.8. The first-order valence-electron chi connectivity index (χ1n) is 24.3. The summed E-state index contributed by atoms with van der Waals surface area (Å²) in [6.45, 7) is 11.3. The third-order valence-corrected chi connectivity index (χ3v) is 11.3. The second kappa shape index (κ2) is 42.0. The third-order valence-electron chi connectivity index (χ3n) is 11.3. The number of unbranched alkanes of at least 4 members (excludes halogenated alkanes) is 27. The van der Waals surface area contributed by atoms with Crippen molar-refractivity contribution in [2.45, 2.75) is 272 Å². The molecule has 0 aliphatic rings. The lowest BCUT2D eigenvalue weighted by atomic mass is 9.99. The molecule has 0 N–H and O–H groups in total. The van der Waals surface area contributed by atoms with Gasteiger partial charge in [-0.2, -0.15) is 0 Å².